The van der Waals surface area contributed by atoms with Gasteiger partial charge in [-0.25, -0.2) is 9.79 Å². The van der Waals surface area contributed by atoms with E-state index >= 15 is 0 Å². The summed E-state index contributed by atoms with van der Waals surface area (Å²) in [4.78, 5) is 13.5. The molecule has 1 N–H and O–H groups in total. The Hall–Kier alpha value is -1.12. The van der Waals surface area contributed by atoms with Crippen LogP contribution in [0.5, 0.6) is 5.75 Å². The lowest BCUT2D eigenvalue weighted by molar-refractivity contribution is 0.462. The van der Waals surface area contributed by atoms with Gasteiger partial charge in [-0.3, -0.25) is 0 Å². The van der Waals surface area contributed by atoms with Gasteiger partial charge in [0.05, 0.1) is 6.54 Å². The smallest absolute Gasteiger partial charge is 0.235 e. The maximum atomic E-state index is 10.1. The van der Waals surface area contributed by atoms with E-state index in [0.717, 1.165) is 21.2 Å². The van der Waals surface area contributed by atoms with Crippen LogP contribution in [-0.2, 0) is 11.3 Å². The molecular weight excluding hydrogens is 258 g/mol. The number of hydrogen-bond donors (Lipinski definition) is 1. The van der Waals surface area contributed by atoms with Crippen LogP contribution >= 0.6 is 15.9 Å². The van der Waals surface area contributed by atoms with Crippen LogP contribution in [0.4, 0.5) is 0 Å². The predicted molar refractivity (Wildman–Crippen MR) is 61.8 cm³/mol. The van der Waals surface area contributed by atoms with Crippen LogP contribution in [-0.4, -0.2) is 11.2 Å². The molecule has 0 saturated carbocycles. The monoisotopic (exact) mass is 269 g/mol. The molecule has 1 aromatic rings. The Kier molecular flexibility index (Phi) is 3.66. The second kappa shape index (κ2) is 4.60. The van der Waals surface area contributed by atoms with E-state index in [1.165, 1.54) is 6.08 Å². The molecule has 0 fully saturated rings. The van der Waals surface area contributed by atoms with E-state index in [2.05, 4.69) is 20.9 Å². The first-order valence-electron chi connectivity index (χ1n) is 4.51. The third-order valence-corrected chi connectivity index (χ3v) is 3.81. The summed E-state index contributed by atoms with van der Waals surface area (Å²) in [5.41, 5.74) is 3.40. The van der Waals surface area contributed by atoms with Gasteiger partial charge in [-0.1, -0.05) is 15.9 Å². The van der Waals surface area contributed by atoms with Gasteiger partial charge < -0.3 is 5.11 Å². The number of aromatic hydroxyl groups is 1. The van der Waals surface area contributed by atoms with Gasteiger partial charge in [-0.15, -0.1) is 0 Å². The van der Waals surface area contributed by atoms with Crippen LogP contribution in [0.15, 0.2) is 9.47 Å². The fourth-order valence-corrected chi connectivity index (χ4v) is 2.00. The molecular formula is C11H12BrNO2. The molecule has 0 radical (unpaired) electrons. The van der Waals surface area contributed by atoms with Crippen LogP contribution in [0.3, 0.4) is 0 Å². The second-order valence-electron chi connectivity index (χ2n) is 3.42. The number of aliphatic imine (C=N–C) groups is 1. The van der Waals surface area contributed by atoms with Crippen molar-refractivity contribution < 1.29 is 9.90 Å². The van der Waals surface area contributed by atoms with E-state index < -0.39 is 0 Å². The largest absolute Gasteiger partial charge is 0.507 e. The van der Waals surface area contributed by atoms with Gasteiger partial charge in [0.15, 0.2) is 0 Å². The minimum Gasteiger partial charge on any atom is -0.507 e. The average molecular weight is 270 g/mol. The van der Waals surface area contributed by atoms with E-state index in [1.54, 1.807) is 0 Å². The van der Waals surface area contributed by atoms with E-state index in [4.69, 9.17) is 0 Å². The molecule has 0 spiro atoms. The van der Waals surface area contributed by atoms with Crippen molar-refractivity contribution in [1.82, 2.24) is 0 Å². The number of benzene rings is 1. The maximum Gasteiger partial charge on any atom is 0.235 e. The van der Waals surface area contributed by atoms with Gasteiger partial charge in [0.25, 0.3) is 0 Å². The molecule has 0 saturated heterocycles. The first kappa shape index (κ1) is 12.0. The Balaban J connectivity index is 3.44. The first-order valence-corrected chi connectivity index (χ1v) is 5.30. The Morgan fingerprint density at radius 2 is 1.87 bits per heavy atom. The van der Waals surface area contributed by atoms with Crippen LogP contribution < -0.4 is 0 Å². The Bertz CT molecular complexity index is 419. The summed E-state index contributed by atoms with van der Waals surface area (Å²) < 4.78 is 0.953. The molecule has 4 heteroatoms. The van der Waals surface area contributed by atoms with Crippen molar-refractivity contribution in [2.45, 2.75) is 27.3 Å². The van der Waals surface area contributed by atoms with E-state index in [9.17, 15) is 9.90 Å². The lowest BCUT2D eigenvalue weighted by atomic mass is 9.99. The number of nitrogens with zero attached hydrogens (tertiary/aromatic N) is 1. The third-order valence-electron chi connectivity index (χ3n) is 2.62. The van der Waals surface area contributed by atoms with Gasteiger partial charge in [-0.05, 0) is 37.5 Å². The van der Waals surface area contributed by atoms with Gasteiger partial charge in [0.2, 0.25) is 6.08 Å². The molecule has 1 aromatic carbocycles. The van der Waals surface area contributed by atoms with Crippen LogP contribution in [0, 0.1) is 20.8 Å². The minimum atomic E-state index is 0.168. The van der Waals surface area contributed by atoms with Gasteiger partial charge in [-0.2, -0.15) is 0 Å². The van der Waals surface area contributed by atoms with E-state index in [-0.39, 0.29) is 12.3 Å². The Morgan fingerprint density at radius 3 is 2.40 bits per heavy atom. The summed E-state index contributed by atoms with van der Waals surface area (Å²) in [5.74, 6) is 0.215. The molecule has 0 aliphatic carbocycles. The summed E-state index contributed by atoms with van der Waals surface area (Å²) in [6.07, 6.45) is 1.47. The summed E-state index contributed by atoms with van der Waals surface area (Å²) in [6.45, 7) is 5.81. The lowest BCUT2D eigenvalue weighted by Crippen LogP contribution is -1.96. The van der Waals surface area contributed by atoms with Crippen molar-refractivity contribution in [2.75, 3.05) is 0 Å². The zero-order valence-corrected chi connectivity index (χ0v) is 10.5. The molecule has 0 heterocycles. The van der Waals surface area contributed by atoms with Gasteiger partial charge >= 0.3 is 0 Å². The highest BCUT2D eigenvalue weighted by Gasteiger charge is 2.14. The first-order chi connectivity index (χ1) is 7.00. The molecule has 3 nitrogen and oxygen atoms in total. The molecule has 15 heavy (non-hydrogen) atoms. The lowest BCUT2D eigenvalue weighted by Gasteiger charge is -2.14. The van der Waals surface area contributed by atoms with Crippen LogP contribution in [0.25, 0.3) is 0 Å². The molecule has 1 rings (SSSR count). The normalized spacial score (nSPS) is 9.87. The average Bonchev–Trinajstić information content (AvgIpc) is 2.24. The highest BCUT2D eigenvalue weighted by molar-refractivity contribution is 9.10. The minimum absolute atomic E-state index is 0.168. The molecule has 0 unspecified atom stereocenters. The molecule has 0 bridgehead atoms. The zero-order chi connectivity index (χ0) is 11.6. The van der Waals surface area contributed by atoms with Crippen molar-refractivity contribution in [1.29, 1.82) is 0 Å². The number of halogens is 1. The number of isocyanates is 1. The number of rotatable bonds is 2. The molecule has 80 valence electrons. The molecule has 0 amide bonds. The summed E-state index contributed by atoms with van der Waals surface area (Å²) in [6, 6.07) is 0. The van der Waals surface area contributed by atoms with Crippen LogP contribution in [0.2, 0.25) is 0 Å². The number of phenolic OH excluding ortho intramolecular Hbond substituents is 1. The number of carbonyl (C=O) groups excluding carboxylic acids is 1. The van der Waals surface area contributed by atoms with Gasteiger partial charge in [0, 0.05) is 10.0 Å². The Labute approximate surface area is 97.0 Å². The number of phenols is 1. The van der Waals surface area contributed by atoms with Crippen LogP contribution in [0.1, 0.15) is 22.3 Å². The van der Waals surface area contributed by atoms with Crippen molar-refractivity contribution in [3.05, 3.63) is 26.7 Å². The second-order valence-corrected chi connectivity index (χ2v) is 4.22. The highest BCUT2D eigenvalue weighted by Crippen LogP contribution is 2.35. The quantitative estimate of drug-likeness (QED) is 0.663. The molecule has 0 aliphatic heterocycles. The van der Waals surface area contributed by atoms with Crippen molar-refractivity contribution in [3.8, 4) is 5.75 Å². The molecule has 0 aromatic heterocycles. The fourth-order valence-electron chi connectivity index (χ4n) is 1.46. The SMILES string of the molecule is Cc1c(C)c(Br)c(C)c(CN=C=O)c1O. The highest BCUT2D eigenvalue weighted by atomic mass is 79.9. The topological polar surface area (TPSA) is 49.7 Å². The van der Waals surface area contributed by atoms with Crippen molar-refractivity contribution in [3.63, 3.8) is 0 Å². The Morgan fingerprint density at radius 1 is 1.27 bits per heavy atom. The fraction of sp³-hybridized carbons (Fsp3) is 0.364. The summed E-state index contributed by atoms with van der Waals surface area (Å²) in [7, 11) is 0. The standard InChI is InChI=1S/C11H12BrNO2/c1-6-7(2)11(15)9(4-13-5-14)8(3)10(6)12/h15H,4H2,1-3H3. The molecule has 0 aliphatic rings. The van der Waals surface area contributed by atoms with Gasteiger partial charge in [0.1, 0.15) is 5.75 Å². The van der Waals surface area contributed by atoms with Crippen molar-refractivity contribution in [2.24, 2.45) is 4.99 Å². The van der Waals surface area contributed by atoms with Crippen molar-refractivity contribution >= 4 is 22.0 Å². The molecule has 0 atom stereocenters. The van der Waals surface area contributed by atoms with E-state index in [1.807, 2.05) is 20.8 Å². The zero-order valence-electron chi connectivity index (χ0n) is 8.89. The number of hydrogen-bond acceptors (Lipinski definition) is 3. The van der Waals surface area contributed by atoms with E-state index in [0.29, 0.717) is 5.56 Å². The summed E-state index contributed by atoms with van der Waals surface area (Å²) in [5, 5.41) is 9.90. The third kappa shape index (κ3) is 2.11. The predicted octanol–water partition coefficient (Wildman–Crippen LogP) is 2.92. The maximum absolute atomic E-state index is 10.1. The summed E-state index contributed by atoms with van der Waals surface area (Å²) >= 11 is 3.46.